The largest absolute Gasteiger partial charge is 0.340 e. The Morgan fingerprint density at radius 2 is 1.65 bits per heavy atom. The van der Waals surface area contributed by atoms with E-state index in [1.165, 1.54) is 0 Å². The van der Waals surface area contributed by atoms with Crippen molar-refractivity contribution in [2.24, 2.45) is 11.8 Å². The van der Waals surface area contributed by atoms with Gasteiger partial charge in [0.15, 0.2) is 0 Å². The fourth-order valence-corrected chi connectivity index (χ4v) is 3.98. The third-order valence-electron chi connectivity index (χ3n) is 5.70. The number of aryl methyl sites for hydroxylation is 1. The van der Waals surface area contributed by atoms with Crippen molar-refractivity contribution in [1.29, 1.82) is 0 Å². The number of halogens is 1. The minimum atomic E-state index is -0.0217. The van der Waals surface area contributed by atoms with E-state index in [4.69, 9.17) is 11.6 Å². The van der Waals surface area contributed by atoms with Crippen molar-refractivity contribution in [2.75, 3.05) is 38.5 Å². The zero-order valence-electron chi connectivity index (χ0n) is 15.6. The van der Waals surface area contributed by atoms with Crippen molar-refractivity contribution in [2.45, 2.75) is 32.6 Å². The number of hydrogen-bond donors (Lipinski definition) is 1. The van der Waals surface area contributed by atoms with Gasteiger partial charge in [-0.3, -0.25) is 9.59 Å². The number of carbonyl (C=O) groups excluding carboxylic acids is 2. The highest BCUT2D eigenvalue weighted by molar-refractivity contribution is 6.31. The van der Waals surface area contributed by atoms with E-state index >= 15 is 0 Å². The summed E-state index contributed by atoms with van der Waals surface area (Å²) in [5.74, 6) is 0.376. The molecule has 1 N–H and O–H groups in total. The van der Waals surface area contributed by atoms with E-state index in [9.17, 15) is 9.59 Å². The predicted molar refractivity (Wildman–Crippen MR) is 104 cm³/mol. The number of nitrogens with zero attached hydrogens (tertiary/aromatic N) is 2. The number of carbonyl (C=O) groups is 2. The maximum Gasteiger partial charge on any atom is 0.227 e. The van der Waals surface area contributed by atoms with Crippen LogP contribution in [-0.4, -0.2) is 54.8 Å². The molecule has 0 radical (unpaired) electrons. The molecule has 2 fully saturated rings. The first-order chi connectivity index (χ1) is 12.4. The number of likely N-dealkylation sites (N-methyl/N-ethyl adjacent to an activating group) is 1. The monoisotopic (exact) mass is 377 g/mol. The highest BCUT2D eigenvalue weighted by atomic mass is 35.5. The third kappa shape index (κ3) is 4.57. The predicted octanol–water partition coefficient (Wildman–Crippen LogP) is 3.17. The van der Waals surface area contributed by atoms with Gasteiger partial charge in [-0.15, -0.1) is 0 Å². The molecule has 1 saturated carbocycles. The lowest BCUT2D eigenvalue weighted by Gasteiger charge is -2.36. The Bertz CT molecular complexity index is 663. The van der Waals surface area contributed by atoms with Crippen LogP contribution in [0.5, 0.6) is 0 Å². The van der Waals surface area contributed by atoms with Crippen LogP contribution in [0.3, 0.4) is 0 Å². The van der Waals surface area contributed by atoms with Crippen LogP contribution in [0, 0.1) is 18.8 Å². The van der Waals surface area contributed by atoms with Crippen LogP contribution in [0.15, 0.2) is 18.2 Å². The average molecular weight is 378 g/mol. The molecule has 26 heavy (non-hydrogen) atoms. The molecular formula is C20H28ClN3O2. The molecule has 2 amide bonds. The molecule has 0 spiro atoms. The highest BCUT2D eigenvalue weighted by Gasteiger charge is 2.33. The zero-order chi connectivity index (χ0) is 18.7. The number of nitrogens with one attached hydrogen (secondary N) is 1. The van der Waals surface area contributed by atoms with Crippen molar-refractivity contribution in [3.05, 3.63) is 28.8 Å². The van der Waals surface area contributed by atoms with Gasteiger partial charge in [-0.25, -0.2) is 0 Å². The molecule has 1 aliphatic heterocycles. The van der Waals surface area contributed by atoms with Crippen LogP contribution in [0.2, 0.25) is 5.02 Å². The summed E-state index contributed by atoms with van der Waals surface area (Å²) in [7, 11) is 2.09. The van der Waals surface area contributed by atoms with Gasteiger partial charge in [0.2, 0.25) is 11.8 Å². The second-order valence-corrected chi connectivity index (χ2v) is 8.04. The maximum absolute atomic E-state index is 12.7. The molecule has 1 heterocycles. The molecule has 0 aromatic heterocycles. The number of piperazine rings is 1. The Hall–Kier alpha value is -1.59. The summed E-state index contributed by atoms with van der Waals surface area (Å²) in [6.45, 7) is 5.48. The molecule has 0 atom stereocenters. The summed E-state index contributed by atoms with van der Waals surface area (Å²) in [5, 5.41) is 3.62. The van der Waals surface area contributed by atoms with Gasteiger partial charge in [0.25, 0.3) is 0 Å². The fourth-order valence-electron chi connectivity index (χ4n) is 3.80. The molecule has 5 nitrogen and oxygen atoms in total. The molecule has 1 saturated heterocycles. The molecule has 1 aromatic carbocycles. The minimum absolute atomic E-state index is 0.0217. The number of hydrogen-bond acceptors (Lipinski definition) is 3. The summed E-state index contributed by atoms with van der Waals surface area (Å²) in [4.78, 5) is 29.5. The molecular weight excluding hydrogens is 350 g/mol. The van der Waals surface area contributed by atoms with Gasteiger partial charge >= 0.3 is 0 Å². The maximum atomic E-state index is 12.7. The normalized spacial score (nSPS) is 24.3. The molecule has 2 aliphatic rings. The fraction of sp³-hybridized carbons (Fsp3) is 0.600. The molecule has 6 heteroatoms. The summed E-state index contributed by atoms with van der Waals surface area (Å²) < 4.78 is 0. The lowest BCUT2D eigenvalue weighted by atomic mass is 9.80. The van der Waals surface area contributed by atoms with E-state index in [0.29, 0.717) is 5.02 Å². The smallest absolute Gasteiger partial charge is 0.227 e. The van der Waals surface area contributed by atoms with E-state index in [-0.39, 0.29) is 23.7 Å². The van der Waals surface area contributed by atoms with Crippen molar-refractivity contribution in [3.63, 3.8) is 0 Å². The van der Waals surface area contributed by atoms with Crippen molar-refractivity contribution < 1.29 is 9.59 Å². The number of rotatable bonds is 3. The SMILES string of the molecule is Cc1ccc(NC(=O)C2CCC(C(=O)N3CCN(C)CC3)CC2)cc1Cl. The standard InChI is InChI=1S/C20H28ClN3O2/c1-14-3-8-17(13-18(14)21)22-19(25)15-4-6-16(7-5-15)20(26)24-11-9-23(2)10-12-24/h3,8,13,15-16H,4-7,9-12H2,1-2H3,(H,22,25). The van der Waals surface area contributed by atoms with Gasteiger partial charge in [-0.1, -0.05) is 17.7 Å². The Labute approximate surface area is 160 Å². The van der Waals surface area contributed by atoms with Crippen molar-refractivity contribution in [3.8, 4) is 0 Å². The van der Waals surface area contributed by atoms with Gasteiger partial charge in [-0.05, 0) is 57.4 Å². The average Bonchev–Trinajstić information content (AvgIpc) is 2.65. The molecule has 0 bridgehead atoms. The first-order valence-corrected chi connectivity index (χ1v) is 9.86. The highest BCUT2D eigenvalue weighted by Crippen LogP contribution is 2.31. The van der Waals surface area contributed by atoms with Crippen LogP contribution in [0.4, 0.5) is 5.69 Å². The Morgan fingerprint density at radius 1 is 1.04 bits per heavy atom. The van der Waals surface area contributed by atoms with Crippen molar-refractivity contribution in [1.82, 2.24) is 9.80 Å². The summed E-state index contributed by atoms with van der Waals surface area (Å²) in [6.07, 6.45) is 3.15. The molecule has 0 unspecified atom stereocenters. The second-order valence-electron chi connectivity index (χ2n) is 7.63. The number of benzene rings is 1. The van der Waals surface area contributed by atoms with Crippen LogP contribution < -0.4 is 5.32 Å². The van der Waals surface area contributed by atoms with Crippen LogP contribution in [0.1, 0.15) is 31.2 Å². The quantitative estimate of drug-likeness (QED) is 0.880. The molecule has 1 aliphatic carbocycles. The molecule has 1 aromatic rings. The Kier molecular flexibility index (Phi) is 6.20. The van der Waals surface area contributed by atoms with Gasteiger partial charge in [-0.2, -0.15) is 0 Å². The van der Waals surface area contributed by atoms with E-state index in [1.807, 2.05) is 24.0 Å². The second kappa shape index (κ2) is 8.40. The Morgan fingerprint density at radius 3 is 2.27 bits per heavy atom. The van der Waals surface area contributed by atoms with Gasteiger partial charge in [0.1, 0.15) is 0 Å². The van der Waals surface area contributed by atoms with Gasteiger partial charge in [0, 0.05) is 48.7 Å². The van der Waals surface area contributed by atoms with E-state index < -0.39 is 0 Å². The van der Waals surface area contributed by atoms with Gasteiger partial charge < -0.3 is 15.1 Å². The van der Waals surface area contributed by atoms with Crippen molar-refractivity contribution >= 4 is 29.1 Å². The van der Waals surface area contributed by atoms with Crippen LogP contribution in [-0.2, 0) is 9.59 Å². The van der Waals surface area contributed by atoms with E-state index in [1.54, 1.807) is 6.07 Å². The summed E-state index contributed by atoms with van der Waals surface area (Å²) in [6, 6.07) is 5.57. The molecule has 3 rings (SSSR count). The lowest BCUT2D eigenvalue weighted by Crippen LogP contribution is -2.49. The topological polar surface area (TPSA) is 52.7 Å². The van der Waals surface area contributed by atoms with E-state index in [2.05, 4.69) is 17.3 Å². The summed E-state index contributed by atoms with van der Waals surface area (Å²) in [5.41, 5.74) is 1.73. The first kappa shape index (κ1) is 19.2. The first-order valence-electron chi connectivity index (χ1n) is 9.48. The summed E-state index contributed by atoms with van der Waals surface area (Å²) >= 11 is 6.12. The zero-order valence-corrected chi connectivity index (χ0v) is 16.4. The molecule has 142 valence electrons. The number of anilines is 1. The minimum Gasteiger partial charge on any atom is -0.340 e. The van der Waals surface area contributed by atoms with Gasteiger partial charge in [0.05, 0.1) is 0 Å². The third-order valence-corrected chi connectivity index (χ3v) is 6.11. The van der Waals surface area contributed by atoms with Crippen LogP contribution >= 0.6 is 11.6 Å². The number of amides is 2. The lowest BCUT2D eigenvalue weighted by molar-refractivity contribution is -0.139. The van der Waals surface area contributed by atoms with E-state index in [0.717, 1.165) is 63.1 Å². The van der Waals surface area contributed by atoms with Crippen LogP contribution in [0.25, 0.3) is 0 Å². The Balaban J connectivity index is 1.49.